The lowest BCUT2D eigenvalue weighted by Gasteiger charge is -2.32. The van der Waals surface area contributed by atoms with Gasteiger partial charge < -0.3 is 4.90 Å². The second kappa shape index (κ2) is 17.0. The Kier molecular flexibility index (Phi) is 12.2. The van der Waals surface area contributed by atoms with Gasteiger partial charge in [0, 0.05) is 47.5 Å². The van der Waals surface area contributed by atoms with Crippen molar-refractivity contribution in [3.8, 4) is 0 Å². The van der Waals surface area contributed by atoms with Crippen LogP contribution in [-0.2, 0) is 41.4 Å². The van der Waals surface area contributed by atoms with Gasteiger partial charge in [-0.3, -0.25) is 18.4 Å². The van der Waals surface area contributed by atoms with Crippen molar-refractivity contribution in [1.82, 2.24) is 0 Å². The first-order chi connectivity index (χ1) is 30.0. The molecule has 15 heteroatoms. The highest BCUT2D eigenvalue weighted by atomic mass is 32.2. The summed E-state index contributed by atoms with van der Waals surface area (Å²) in [5.41, 5.74) is 15.6. The van der Waals surface area contributed by atoms with Crippen molar-refractivity contribution < 1.29 is 43.5 Å². The van der Waals surface area contributed by atoms with E-state index in [1.807, 2.05) is 6.07 Å². The molecule has 2 heterocycles. The van der Waals surface area contributed by atoms with Crippen LogP contribution in [0.5, 0.6) is 0 Å². The summed E-state index contributed by atoms with van der Waals surface area (Å²) in [5, 5.41) is 0. The van der Waals surface area contributed by atoms with E-state index in [1.165, 1.54) is 50.1 Å². The summed E-state index contributed by atoms with van der Waals surface area (Å²) in [6, 6.07) is 20.3. The monoisotopic (exact) mass is 928 g/mol. The molecule has 3 aromatic rings. The molecule has 3 aromatic carbocycles. The molecule has 5 aliphatic rings. The first-order valence-electron chi connectivity index (χ1n) is 22.0. The van der Waals surface area contributed by atoms with Crippen LogP contribution in [0, 0.1) is 12.8 Å². The van der Waals surface area contributed by atoms with Crippen LogP contribution in [0.15, 0.2) is 107 Å². The third-order valence-electron chi connectivity index (χ3n) is 13.7. The van der Waals surface area contributed by atoms with Gasteiger partial charge in [-0.2, -0.15) is 29.8 Å². The summed E-state index contributed by atoms with van der Waals surface area (Å²) < 4.78 is 102. The largest absolute Gasteiger partial charge is 0.357 e. The smallest absolute Gasteiger partial charge is 0.344 e. The van der Waals surface area contributed by atoms with E-state index in [4.69, 9.17) is 0 Å². The average molecular weight is 929 g/mol. The Labute approximate surface area is 378 Å². The van der Waals surface area contributed by atoms with Crippen LogP contribution in [0.2, 0.25) is 0 Å². The zero-order chi connectivity index (χ0) is 46.0. The number of rotatable bonds is 15. The molecule has 1 atom stereocenters. The molecule has 0 spiro atoms. The minimum Gasteiger partial charge on any atom is -0.344 e. The maximum atomic E-state index is 11.8. The number of aryl methyl sites for hydroxylation is 1. The van der Waals surface area contributed by atoms with Crippen LogP contribution in [-0.4, -0.2) is 73.8 Å². The molecular formula is C49H58N3O9S3+. The Balaban J connectivity index is 1.19. The third kappa shape index (κ3) is 9.12. The van der Waals surface area contributed by atoms with E-state index in [2.05, 4.69) is 116 Å². The highest BCUT2D eigenvalue weighted by Gasteiger charge is 2.46. The van der Waals surface area contributed by atoms with Gasteiger partial charge in [-0.1, -0.05) is 68.0 Å². The van der Waals surface area contributed by atoms with E-state index in [-0.39, 0.29) is 29.0 Å². The van der Waals surface area contributed by atoms with E-state index in [9.17, 15) is 38.9 Å². The third-order valence-corrected chi connectivity index (χ3v) is 15.8. The van der Waals surface area contributed by atoms with Crippen molar-refractivity contribution in [2.75, 3.05) is 34.2 Å². The van der Waals surface area contributed by atoms with Gasteiger partial charge in [0.25, 0.3) is 20.2 Å². The van der Waals surface area contributed by atoms with Gasteiger partial charge in [-0.05, 0) is 140 Å². The van der Waals surface area contributed by atoms with Crippen molar-refractivity contribution in [3.63, 3.8) is 0 Å². The number of hydrogen-bond donors (Lipinski definition) is 4. The van der Waals surface area contributed by atoms with Crippen LogP contribution < -0.4 is 9.62 Å². The van der Waals surface area contributed by atoms with Gasteiger partial charge in [-0.25, -0.2) is 0 Å². The molecule has 0 amide bonds. The van der Waals surface area contributed by atoms with E-state index < -0.39 is 36.0 Å². The Morgan fingerprint density at radius 2 is 1.42 bits per heavy atom. The number of nitrogens with one attached hydrogen (secondary N) is 1. The van der Waals surface area contributed by atoms with Gasteiger partial charge in [0.2, 0.25) is 5.69 Å². The molecular weight excluding hydrogens is 871 g/mol. The van der Waals surface area contributed by atoms with Gasteiger partial charge in [-0.15, -0.1) is 0 Å². The predicted molar refractivity (Wildman–Crippen MR) is 255 cm³/mol. The minimum absolute atomic E-state index is 0.229. The van der Waals surface area contributed by atoms with Crippen LogP contribution in [0.4, 0.5) is 17.1 Å². The summed E-state index contributed by atoms with van der Waals surface area (Å²) in [5.74, 6) is -0.203. The fourth-order valence-electron chi connectivity index (χ4n) is 10.7. The first kappa shape index (κ1) is 45.9. The number of unbranched alkanes of at least 4 members (excludes halogenated alkanes) is 2. The zero-order valence-corrected chi connectivity index (χ0v) is 39.5. The summed E-state index contributed by atoms with van der Waals surface area (Å²) in [4.78, 5) is 2.32. The zero-order valence-electron chi connectivity index (χ0n) is 37.1. The van der Waals surface area contributed by atoms with Crippen molar-refractivity contribution in [2.45, 2.75) is 96.8 Å². The summed E-state index contributed by atoms with van der Waals surface area (Å²) in [7, 11) is -12.7. The van der Waals surface area contributed by atoms with E-state index in [1.54, 1.807) is 12.1 Å². The van der Waals surface area contributed by atoms with Crippen LogP contribution in [0.25, 0.3) is 11.1 Å². The highest BCUT2D eigenvalue weighted by Crippen LogP contribution is 2.58. The van der Waals surface area contributed by atoms with Crippen molar-refractivity contribution in [3.05, 3.63) is 135 Å². The Hall–Kier alpha value is -4.64. The molecule has 0 bridgehead atoms. The second-order valence-corrected chi connectivity index (χ2v) is 23.1. The second-order valence-electron chi connectivity index (χ2n) is 18.8. The van der Waals surface area contributed by atoms with Crippen LogP contribution in [0.3, 0.4) is 0 Å². The number of hydrogen-bond acceptors (Lipinski definition) is 7. The lowest BCUT2D eigenvalue weighted by atomic mass is 9.72. The predicted octanol–water partition coefficient (Wildman–Crippen LogP) is 9.51. The minimum atomic E-state index is -4.50. The van der Waals surface area contributed by atoms with Crippen LogP contribution >= 0.6 is 0 Å². The van der Waals surface area contributed by atoms with Gasteiger partial charge in [0.05, 0.1) is 22.6 Å². The molecule has 64 heavy (non-hydrogen) atoms. The molecule has 4 N–H and O–H groups in total. The SMILES string of the molecule is Cc1ccc2c(c1)C(C)(C)/C(=C\C=C1/CCC3CCC(/C=C/C4=[N+](CCCCS(=O)(=O)O)c5ccc(NS(=O)(=O)O)cc5C4(C)C)=C4C3=C1c1ccccc14)N2CCCCS(=O)(=O)O. The lowest BCUT2D eigenvalue weighted by Crippen LogP contribution is -2.28. The first-order valence-corrected chi connectivity index (χ1v) is 26.7. The molecule has 3 aliphatic carbocycles. The van der Waals surface area contributed by atoms with Crippen molar-refractivity contribution in [1.29, 1.82) is 0 Å². The maximum Gasteiger partial charge on any atom is 0.357 e. The average Bonchev–Trinajstić information content (AvgIpc) is 3.73. The molecule has 0 aromatic heterocycles. The van der Waals surface area contributed by atoms with Crippen molar-refractivity contribution in [2.24, 2.45) is 5.92 Å². The number of benzene rings is 3. The number of allylic oxidation sites excluding steroid dienone is 10. The molecule has 0 radical (unpaired) electrons. The fraction of sp³-hybridized carbons (Fsp3) is 0.408. The lowest BCUT2D eigenvalue weighted by molar-refractivity contribution is -0.438. The molecule has 340 valence electrons. The number of anilines is 2. The number of fused-ring (bicyclic) bond motifs is 5. The molecule has 1 unspecified atom stereocenters. The Morgan fingerprint density at radius 1 is 0.750 bits per heavy atom. The molecule has 8 rings (SSSR count). The van der Waals surface area contributed by atoms with E-state index in [0.29, 0.717) is 38.3 Å². The molecule has 0 fully saturated rings. The topological polar surface area (TPSA) is 181 Å². The molecule has 0 saturated heterocycles. The van der Waals surface area contributed by atoms with Gasteiger partial charge >= 0.3 is 10.3 Å². The number of nitrogens with zero attached hydrogens (tertiary/aromatic N) is 2. The molecule has 0 saturated carbocycles. The molecule has 2 aliphatic heterocycles. The standard InChI is InChI=1S/C49H57N3O9S3/c1-32-14-22-41-39(30-32)48(2,3)43(51(41)26-8-10-28-62(53,54)55)24-19-33-15-17-35-18-16-34(46-38-13-7-6-12-37(38)45(33)47(35)46)20-25-44-49(4,5)40-31-36(50-64(59,60)61)21-23-42(40)52(44)27-9-11-29-63(56,57)58/h6-7,12-14,19-25,30-31,35,50H,8-11,15-18,26-29H2,1-5H3,(H2-,53,54,55,56,57,58,59,60,61)/p+1. The van der Waals surface area contributed by atoms with E-state index >= 15 is 0 Å². The summed E-state index contributed by atoms with van der Waals surface area (Å²) in [6.45, 7) is 11.8. The fourth-order valence-corrected chi connectivity index (χ4v) is 12.3. The molecule has 12 nitrogen and oxygen atoms in total. The summed E-state index contributed by atoms with van der Waals surface area (Å²) in [6.07, 6.45) is 14.5. The maximum absolute atomic E-state index is 11.8. The normalized spacial score (nSPS) is 21.3. The van der Waals surface area contributed by atoms with Crippen LogP contribution in [0.1, 0.15) is 107 Å². The highest BCUT2D eigenvalue weighted by molar-refractivity contribution is 7.87. The van der Waals surface area contributed by atoms with E-state index in [0.717, 1.165) is 54.0 Å². The quantitative estimate of drug-likeness (QED) is 0.0651. The van der Waals surface area contributed by atoms with Gasteiger partial charge in [0.15, 0.2) is 5.71 Å². The Morgan fingerprint density at radius 3 is 2.11 bits per heavy atom. The van der Waals surface area contributed by atoms with Crippen molar-refractivity contribution >= 4 is 64.5 Å². The Bertz CT molecular complexity index is 2970. The summed E-state index contributed by atoms with van der Waals surface area (Å²) >= 11 is 0. The van der Waals surface area contributed by atoms with Gasteiger partial charge in [0.1, 0.15) is 6.54 Å².